The first kappa shape index (κ1) is 14.7. The summed E-state index contributed by atoms with van der Waals surface area (Å²) in [5.41, 5.74) is 6.35. The van der Waals surface area contributed by atoms with E-state index in [-0.39, 0.29) is 5.91 Å². The van der Waals surface area contributed by atoms with Crippen LogP contribution in [0.25, 0.3) is 0 Å². The maximum Gasteiger partial charge on any atom is 0.224 e. The van der Waals surface area contributed by atoms with Crippen LogP contribution >= 0.6 is 12.2 Å². The summed E-state index contributed by atoms with van der Waals surface area (Å²) in [6.45, 7) is 2.37. The van der Waals surface area contributed by atoms with Crippen LogP contribution in [0.3, 0.4) is 0 Å². The van der Waals surface area contributed by atoms with Crippen LogP contribution in [0.15, 0.2) is 18.3 Å². The molecule has 0 saturated carbocycles. The molecule has 3 N–H and O–H groups in total. The lowest BCUT2D eigenvalue weighted by atomic mass is 10.1. The van der Waals surface area contributed by atoms with Crippen LogP contribution < -0.4 is 11.1 Å². The molecule has 1 saturated heterocycles. The van der Waals surface area contributed by atoms with Gasteiger partial charge in [0.1, 0.15) is 10.8 Å². The molecule has 108 valence electrons. The predicted molar refractivity (Wildman–Crippen MR) is 83.7 cm³/mol. The molecule has 0 unspecified atom stereocenters. The molecule has 6 heteroatoms. The number of pyridine rings is 1. The Balaban J connectivity index is 1.79. The van der Waals surface area contributed by atoms with Gasteiger partial charge in [-0.15, -0.1) is 0 Å². The largest absolute Gasteiger partial charge is 0.389 e. The highest BCUT2D eigenvalue weighted by Gasteiger charge is 2.15. The highest BCUT2D eigenvalue weighted by Crippen LogP contribution is 2.10. The first-order chi connectivity index (χ1) is 9.66. The lowest BCUT2D eigenvalue weighted by Crippen LogP contribution is -2.36. The van der Waals surface area contributed by atoms with Gasteiger partial charge in [-0.3, -0.25) is 4.79 Å². The number of rotatable bonds is 5. The van der Waals surface area contributed by atoms with Crippen LogP contribution in [0.4, 0.5) is 5.82 Å². The van der Waals surface area contributed by atoms with E-state index in [2.05, 4.69) is 10.3 Å². The summed E-state index contributed by atoms with van der Waals surface area (Å²) in [5, 5.41) is 3.14. The number of nitrogens with two attached hydrogens (primary N) is 1. The van der Waals surface area contributed by atoms with Crippen molar-refractivity contribution in [3.63, 3.8) is 0 Å². The van der Waals surface area contributed by atoms with Crippen molar-refractivity contribution in [1.29, 1.82) is 0 Å². The molecule has 1 fully saturated rings. The summed E-state index contributed by atoms with van der Waals surface area (Å²) in [7, 11) is 0. The second-order valence-corrected chi connectivity index (χ2v) is 5.35. The zero-order valence-electron chi connectivity index (χ0n) is 11.5. The van der Waals surface area contributed by atoms with Gasteiger partial charge in [-0.25, -0.2) is 4.98 Å². The highest BCUT2D eigenvalue weighted by molar-refractivity contribution is 7.80. The maximum absolute atomic E-state index is 12.0. The summed E-state index contributed by atoms with van der Waals surface area (Å²) in [4.78, 5) is 18.5. The molecule has 1 aliphatic heterocycles. The molecule has 20 heavy (non-hydrogen) atoms. The minimum Gasteiger partial charge on any atom is -0.389 e. The number of likely N-dealkylation sites (tertiary alicyclic amines) is 1. The quantitative estimate of drug-likeness (QED) is 0.805. The summed E-state index contributed by atoms with van der Waals surface area (Å²) in [6, 6.07) is 3.57. The average molecular weight is 292 g/mol. The molecule has 1 aromatic rings. The Bertz CT molecular complexity index is 486. The fourth-order valence-electron chi connectivity index (χ4n) is 2.28. The Labute approximate surface area is 124 Å². The molecular weight excluding hydrogens is 272 g/mol. The Morgan fingerprint density at radius 3 is 2.85 bits per heavy atom. The van der Waals surface area contributed by atoms with Crippen molar-refractivity contribution in [1.82, 2.24) is 9.88 Å². The SMILES string of the molecule is NC(=S)c1ccnc(NCCC(=O)N2CCCCC2)c1. The number of hydrogen-bond donors (Lipinski definition) is 2. The minimum absolute atomic E-state index is 0.211. The van der Waals surface area contributed by atoms with Crippen molar-refractivity contribution < 1.29 is 4.79 Å². The van der Waals surface area contributed by atoms with Gasteiger partial charge in [0.05, 0.1) is 0 Å². The van der Waals surface area contributed by atoms with Gasteiger partial charge in [-0.05, 0) is 31.4 Å². The van der Waals surface area contributed by atoms with Crippen molar-refractivity contribution in [2.75, 3.05) is 25.0 Å². The molecule has 0 aromatic carbocycles. The molecule has 5 nitrogen and oxygen atoms in total. The van der Waals surface area contributed by atoms with Crippen LogP contribution in [-0.4, -0.2) is 40.4 Å². The van der Waals surface area contributed by atoms with Gasteiger partial charge >= 0.3 is 0 Å². The summed E-state index contributed by atoms with van der Waals surface area (Å²) in [6.07, 6.45) is 5.62. The zero-order chi connectivity index (χ0) is 14.4. The molecule has 0 spiro atoms. The second kappa shape index (κ2) is 7.19. The van der Waals surface area contributed by atoms with Crippen LogP contribution in [0.5, 0.6) is 0 Å². The third-order valence-corrected chi connectivity index (χ3v) is 3.63. The fraction of sp³-hybridized carbons (Fsp3) is 0.500. The van der Waals surface area contributed by atoms with Crippen molar-refractivity contribution in [3.8, 4) is 0 Å². The number of nitrogens with one attached hydrogen (secondary N) is 1. The van der Waals surface area contributed by atoms with E-state index in [1.807, 2.05) is 4.90 Å². The third kappa shape index (κ3) is 4.16. The molecule has 1 amide bonds. The number of nitrogens with zero attached hydrogens (tertiary/aromatic N) is 2. The summed E-state index contributed by atoms with van der Waals surface area (Å²) in [5.74, 6) is 0.907. The predicted octanol–water partition coefficient (Wildman–Crippen LogP) is 1.53. The topological polar surface area (TPSA) is 71.2 Å². The van der Waals surface area contributed by atoms with E-state index >= 15 is 0 Å². The standard InChI is InChI=1S/C14H20N4OS/c15-14(20)11-4-6-16-12(10-11)17-7-5-13(19)18-8-2-1-3-9-18/h4,6,10H,1-3,5,7-9H2,(H2,15,20)(H,16,17). The van der Waals surface area contributed by atoms with E-state index in [1.54, 1.807) is 18.3 Å². The molecule has 1 aromatic heterocycles. The van der Waals surface area contributed by atoms with Crippen LogP contribution in [0.2, 0.25) is 0 Å². The molecule has 2 rings (SSSR count). The number of carbonyl (C=O) groups excluding carboxylic acids is 1. The lowest BCUT2D eigenvalue weighted by molar-refractivity contribution is -0.131. The number of hydrogen-bond acceptors (Lipinski definition) is 4. The van der Waals surface area contributed by atoms with Crippen LogP contribution in [0.1, 0.15) is 31.2 Å². The zero-order valence-corrected chi connectivity index (χ0v) is 12.3. The summed E-state index contributed by atoms with van der Waals surface area (Å²) < 4.78 is 0. The van der Waals surface area contributed by atoms with E-state index in [0.717, 1.165) is 31.5 Å². The molecule has 1 aliphatic rings. The summed E-state index contributed by atoms with van der Waals surface area (Å²) >= 11 is 4.92. The van der Waals surface area contributed by atoms with Gasteiger partial charge in [0.2, 0.25) is 5.91 Å². The first-order valence-corrected chi connectivity index (χ1v) is 7.35. The Morgan fingerprint density at radius 2 is 2.15 bits per heavy atom. The van der Waals surface area contributed by atoms with E-state index in [9.17, 15) is 4.79 Å². The molecule has 0 radical (unpaired) electrons. The van der Waals surface area contributed by atoms with Crippen molar-refractivity contribution >= 4 is 28.9 Å². The first-order valence-electron chi connectivity index (χ1n) is 6.94. The van der Waals surface area contributed by atoms with Gasteiger partial charge in [-0.1, -0.05) is 12.2 Å². The number of carbonyl (C=O) groups is 1. The minimum atomic E-state index is 0.211. The monoisotopic (exact) mass is 292 g/mol. The number of amides is 1. The van der Waals surface area contributed by atoms with Crippen LogP contribution in [0, 0.1) is 0 Å². The Hall–Kier alpha value is -1.69. The van der Waals surface area contributed by atoms with Crippen molar-refractivity contribution in [2.24, 2.45) is 5.73 Å². The second-order valence-electron chi connectivity index (χ2n) is 4.91. The number of aromatic nitrogens is 1. The third-order valence-electron chi connectivity index (χ3n) is 3.40. The van der Waals surface area contributed by atoms with E-state index < -0.39 is 0 Å². The van der Waals surface area contributed by atoms with E-state index in [1.165, 1.54) is 6.42 Å². The molecular formula is C14H20N4OS. The number of thiocarbonyl (C=S) groups is 1. The van der Waals surface area contributed by atoms with E-state index in [0.29, 0.717) is 23.8 Å². The van der Waals surface area contributed by atoms with Gasteiger partial charge in [0.15, 0.2) is 0 Å². The van der Waals surface area contributed by atoms with Gasteiger partial charge in [0.25, 0.3) is 0 Å². The van der Waals surface area contributed by atoms with Gasteiger partial charge < -0.3 is 16.0 Å². The normalized spacial score (nSPS) is 14.9. The van der Waals surface area contributed by atoms with E-state index in [4.69, 9.17) is 18.0 Å². The maximum atomic E-state index is 12.0. The van der Waals surface area contributed by atoms with Gasteiger partial charge in [-0.2, -0.15) is 0 Å². The fourth-order valence-corrected chi connectivity index (χ4v) is 2.41. The molecule has 0 bridgehead atoms. The number of piperidine rings is 1. The average Bonchev–Trinajstić information content (AvgIpc) is 2.48. The van der Waals surface area contributed by atoms with Crippen LogP contribution in [-0.2, 0) is 4.79 Å². The molecule has 0 atom stereocenters. The molecule has 2 heterocycles. The Kier molecular flexibility index (Phi) is 5.29. The van der Waals surface area contributed by atoms with Gasteiger partial charge in [0, 0.05) is 37.8 Å². The Morgan fingerprint density at radius 1 is 1.40 bits per heavy atom. The highest BCUT2D eigenvalue weighted by atomic mass is 32.1. The van der Waals surface area contributed by atoms with Crippen molar-refractivity contribution in [2.45, 2.75) is 25.7 Å². The van der Waals surface area contributed by atoms with Crippen molar-refractivity contribution in [3.05, 3.63) is 23.9 Å². The lowest BCUT2D eigenvalue weighted by Gasteiger charge is -2.26. The molecule has 0 aliphatic carbocycles. The smallest absolute Gasteiger partial charge is 0.224 e. The number of anilines is 1.